The van der Waals surface area contributed by atoms with Gasteiger partial charge in [-0.25, -0.2) is 0 Å². The van der Waals surface area contributed by atoms with Gasteiger partial charge in [-0.1, -0.05) is 0 Å². The van der Waals surface area contributed by atoms with E-state index in [2.05, 4.69) is 0 Å². The second-order valence-electron chi connectivity index (χ2n) is 0.719. The van der Waals surface area contributed by atoms with Gasteiger partial charge in [0.25, 0.3) is 0 Å². The van der Waals surface area contributed by atoms with E-state index in [9.17, 15) is 0 Å². The third-order valence-corrected chi connectivity index (χ3v) is 0. The summed E-state index contributed by atoms with van der Waals surface area (Å²) in [5, 5.41) is 16.7. The van der Waals surface area contributed by atoms with Crippen molar-refractivity contribution in [3.05, 3.63) is 0 Å². The normalized spacial score (nSPS) is 6.92. The Morgan fingerprint density at radius 2 is 1.17 bits per heavy atom. The third kappa shape index (κ3) is 246. The van der Waals surface area contributed by atoms with Crippen LogP contribution in [0.1, 0.15) is 0 Å². The molecule has 12 heavy (non-hydrogen) atoms. The van der Waals surface area contributed by atoms with Gasteiger partial charge in [-0.05, 0) is 6.16 Å². The first-order valence-electron chi connectivity index (χ1n) is 1.36. The maximum absolute atomic E-state index is 8.66. The molecule has 0 unspecified atom stereocenters. The minimum atomic E-state index is -5.14. The van der Waals surface area contributed by atoms with E-state index in [-0.39, 0.29) is 96.9 Å². The molecule has 7 nitrogen and oxygen atoms in total. The van der Waals surface area contributed by atoms with Gasteiger partial charge < -0.3 is 34.3 Å². The molecule has 0 saturated carbocycles. The summed E-state index contributed by atoms with van der Waals surface area (Å²) in [5.74, 6) is 0. The van der Waals surface area contributed by atoms with Crippen molar-refractivity contribution < 1.29 is 93.4 Å². The van der Waals surface area contributed by atoms with Crippen LogP contribution in [0.5, 0.6) is 0 Å². The largest absolute Gasteiger partial charge is 2.00 e. The Bertz CT molecular complexity index is 121. The van der Waals surface area contributed by atoms with Crippen LogP contribution >= 0.6 is 7.82 Å². The summed E-state index contributed by atoms with van der Waals surface area (Å²) < 4.78 is 8.66. The molecule has 0 atom stereocenters. The molecule has 0 aromatic carbocycles. The maximum Gasteiger partial charge on any atom is 2.00 e. The molecule has 0 aromatic rings. The van der Waals surface area contributed by atoms with Crippen LogP contribution in [0.4, 0.5) is 4.79 Å². The molecule has 0 radical (unpaired) electrons. The van der Waals surface area contributed by atoms with Crippen molar-refractivity contribution in [1.29, 1.82) is 0 Å². The van der Waals surface area contributed by atoms with Gasteiger partial charge >= 0.3 is 96.9 Å². The van der Waals surface area contributed by atoms with E-state index in [0.29, 0.717) is 0 Å². The van der Waals surface area contributed by atoms with Crippen LogP contribution in [0.25, 0.3) is 0 Å². The van der Waals surface area contributed by atoms with Gasteiger partial charge in [0.05, 0.1) is 7.82 Å². The molecule has 0 rings (SSSR count). The number of hydrogen-bond donors (Lipinski definition) is 1. The van der Waals surface area contributed by atoms with Gasteiger partial charge in [0.1, 0.15) is 0 Å². The molecule has 0 aliphatic rings. The number of carbonyl (C=O) groups is 1. The zero-order valence-electron chi connectivity index (χ0n) is 6.55. The van der Waals surface area contributed by atoms with Crippen LogP contribution in [0.3, 0.4) is 0 Å². The van der Waals surface area contributed by atoms with E-state index in [4.69, 9.17) is 34.3 Å². The van der Waals surface area contributed by atoms with Crippen molar-refractivity contribution in [3.63, 3.8) is 0 Å². The summed E-state index contributed by atoms with van der Waals surface area (Å²) in [4.78, 5) is 32.6. The minimum absolute atomic E-state index is 0. The minimum Gasteiger partial charge on any atom is -0.790 e. The Morgan fingerprint density at radius 3 is 1.17 bits per heavy atom. The Kier molecular flexibility index (Phi) is 39.3. The fourth-order valence-corrected chi connectivity index (χ4v) is 0. The number of carbonyl (C=O) groups excluding carboxylic acids is 1. The molecule has 0 fully saturated rings. The van der Waals surface area contributed by atoms with E-state index >= 15 is 0 Å². The van der Waals surface area contributed by atoms with Crippen molar-refractivity contribution >= 4 is 51.7 Å². The second kappa shape index (κ2) is 16.1. The van der Waals surface area contributed by atoms with E-state index in [1.165, 1.54) is 0 Å². The molecule has 1 N–H and O–H groups in total. The standard InChI is InChI=1S/CH2O3.Ca.2Na.H3O4P/c2-1(3)4;;;;1-5(2,3)4/h(H2,2,3,4);;;;(H3,1,2,3,4)/q;+2;2*+1;/p-4. The van der Waals surface area contributed by atoms with Crippen LogP contribution in [0, 0.1) is 0 Å². The molecule has 56 valence electrons. The maximum atomic E-state index is 8.66. The van der Waals surface area contributed by atoms with Crippen LogP contribution in [-0.2, 0) is 4.57 Å². The zero-order chi connectivity index (χ0) is 8.08. The molecule has 0 aromatic heterocycles. The summed E-state index contributed by atoms with van der Waals surface area (Å²) in [6.07, 6.45) is -2.33. The Balaban J connectivity index is -0.0000000221. The molecule has 0 bridgehead atoms. The van der Waals surface area contributed by atoms with Crippen molar-refractivity contribution in [2.24, 2.45) is 0 Å². The first-order chi connectivity index (χ1) is 3.73. The summed E-state index contributed by atoms with van der Waals surface area (Å²) >= 11 is 0. The average Bonchev–Trinajstić information content (AvgIpc) is 1.19. The SMILES string of the molecule is O=C([O-])[O-].O=P([O-])([O-])O.[Ca+2].[Na+].[Na+]. The van der Waals surface area contributed by atoms with Gasteiger partial charge in [0.2, 0.25) is 0 Å². The summed E-state index contributed by atoms with van der Waals surface area (Å²) in [6.45, 7) is 0. The van der Waals surface area contributed by atoms with E-state index in [1.807, 2.05) is 0 Å². The first kappa shape index (κ1) is 29.3. The molecule has 0 saturated heterocycles. The Hall–Kier alpha value is 2.64. The van der Waals surface area contributed by atoms with Crippen LogP contribution < -0.4 is 79.1 Å². The van der Waals surface area contributed by atoms with Gasteiger partial charge in [-0.3, -0.25) is 0 Å². The molecule has 0 amide bonds. The number of phosphoric acid groups is 1. The molecular formula is CHCaNa2O7P. The van der Waals surface area contributed by atoms with E-state index in [0.717, 1.165) is 0 Å². The smallest absolute Gasteiger partial charge is 0.790 e. The van der Waals surface area contributed by atoms with Gasteiger partial charge in [-0.15, -0.1) is 0 Å². The Labute approximate surface area is 142 Å². The van der Waals surface area contributed by atoms with E-state index in [1.54, 1.807) is 0 Å². The zero-order valence-corrected chi connectivity index (χ0v) is 13.7. The average molecular weight is 242 g/mol. The van der Waals surface area contributed by atoms with Crippen LogP contribution in [0.15, 0.2) is 0 Å². The topological polar surface area (TPSA) is 147 Å². The van der Waals surface area contributed by atoms with Gasteiger partial charge in [0.15, 0.2) is 0 Å². The molecule has 0 heterocycles. The monoisotopic (exact) mass is 242 g/mol. The fourth-order valence-electron chi connectivity index (χ4n) is 0. The van der Waals surface area contributed by atoms with Gasteiger partial charge in [-0.2, -0.15) is 0 Å². The predicted octanol–water partition coefficient (Wildman–Crippen LogP) is -11.0. The Morgan fingerprint density at radius 1 is 1.17 bits per heavy atom. The fraction of sp³-hybridized carbons (Fsp3) is 0. The van der Waals surface area contributed by atoms with E-state index < -0.39 is 14.0 Å². The van der Waals surface area contributed by atoms with Gasteiger partial charge in [0, 0.05) is 0 Å². The number of hydrogen-bond acceptors (Lipinski definition) is 6. The first-order valence-corrected chi connectivity index (χ1v) is 2.86. The number of rotatable bonds is 0. The quantitative estimate of drug-likeness (QED) is 0.327. The van der Waals surface area contributed by atoms with Crippen LogP contribution in [0.2, 0.25) is 0 Å². The molecule has 0 aliphatic heterocycles. The van der Waals surface area contributed by atoms with Crippen molar-refractivity contribution in [3.8, 4) is 0 Å². The molecular weight excluding hydrogens is 241 g/mol. The third-order valence-electron chi connectivity index (χ3n) is 0. The molecule has 11 heteroatoms. The van der Waals surface area contributed by atoms with Crippen molar-refractivity contribution in [1.82, 2.24) is 0 Å². The second-order valence-corrected chi connectivity index (χ2v) is 1.66. The summed E-state index contributed by atoms with van der Waals surface area (Å²) in [7, 11) is -5.14. The predicted molar refractivity (Wildman–Crippen MR) is 21.0 cm³/mol. The summed E-state index contributed by atoms with van der Waals surface area (Å²) in [6, 6.07) is 0. The van der Waals surface area contributed by atoms with Crippen molar-refractivity contribution in [2.45, 2.75) is 0 Å². The number of carboxylic acid groups (broad SMARTS) is 2. The molecule has 0 spiro atoms. The molecule has 0 aliphatic carbocycles. The van der Waals surface area contributed by atoms with Crippen molar-refractivity contribution in [2.75, 3.05) is 0 Å². The van der Waals surface area contributed by atoms with Crippen LogP contribution in [-0.4, -0.2) is 48.8 Å². The summed E-state index contributed by atoms with van der Waals surface area (Å²) in [5.41, 5.74) is 0.